The topological polar surface area (TPSA) is 34.8 Å². The zero-order chi connectivity index (χ0) is 14.1. The zero-order valence-electron chi connectivity index (χ0n) is 12.6. The lowest BCUT2D eigenvalue weighted by Gasteiger charge is -2.50. The summed E-state index contributed by atoms with van der Waals surface area (Å²) in [6.45, 7) is 5.79. The summed E-state index contributed by atoms with van der Waals surface area (Å²) in [6, 6.07) is 4.00. The highest BCUT2D eigenvalue weighted by Gasteiger charge is 2.52. The van der Waals surface area contributed by atoms with E-state index in [-0.39, 0.29) is 5.60 Å². The highest BCUT2D eigenvalue weighted by Crippen LogP contribution is 2.42. The molecule has 1 aromatic rings. The molecule has 4 nitrogen and oxygen atoms in total. The maximum atomic E-state index is 6.10. The molecule has 1 aromatic heterocycles. The van der Waals surface area contributed by atoms with Gasteiger partial charge in [-0.3, -0.25) is 4.90 Å². The van der Waals surface area contributed by atoms with Gasteiger partial charge in [-0.25, -0.2) is 0 Å². The Kier molecular flexibility index (Phi) is 3.78. The van der Waals surface area contributed by atoms with Gasteiger partial charge in [-0.15, -0.1) is 0 Å². The van der Waals surface area contributed by atoms with Crippen LogP contribution < -0.4 is 0 Å². The molecule has 1 spiro atoms. The second kappa shape index (κ2) is 5.75. The van der Waals surface area contributed by atoms with Gasteiger partial charge in [-0.1, -0.05) is 0 Å². The Morgan fingerprint density at radius 2 is 2.19 bits per heavy atom. The summed E-state index contributed by atoms with van der Waals surface area (Å²) < 4.78 is 17.3. The van der Waals surface area contributed by atoms with E-state index in [9.17, 15) is 0 Å². The molecule has 3 aliphatic rings. The van der Waals surface area contributed by atoms with Gasteiger partial charge in [0.05, 0.1) is 18.4 Å². The van der Waals surface area contributed by atoms with Crippen LogP contribution in [0.5, 0.6) is 0 Å². The lowest BCUT2D eigenvalue weighted by molar-refractivity contribution is -0.140. The second-order valence-corrected chi connectivity index (χ2v) is 6.93. The molecular weight excluding hydrogens is 266 g/mol. The molecule has 2 aliphatic heterocycles. The van der Waals surface area contributed by atoms with Crippen LogP contribution in [-0.2, 0) is 16.0 Å². The molecule has 1 atom stereocenters. The summed E-state index contributed by atoms with van der Waals surface area (Å²) in [7, 11) is 0. The fourth-order valence-electron chi connectivity index (χ4n) is 3.75. The summed E-state index contributed by atoms with van der Waals surface area (Å²) in [6.07, 6.45) is 6.84. The van der Waals surface area contributed by atoms with Crippen LogP contribution >= 0.6 is 0 Å². The zero-order valence-corrected chi connectivity index (χ0v) is 12.6. The van der Waals surface area contributed by atoms with E-state index >= 15 is 0 Å². The van der Waals surface area contributed by atoms with Crippen LogP contribution in [0, 0.1) is 11.8 Å². The van der Waals surface area contributed by atoms with Gasteiger partial charge in [-0.05, 0) is 49.7 Å². The fourth-order valence-corrected chi connectivity index (χ4v) is 3.75. The standard InChI is InChI=1S/C17H25NO3/c1-2-16(20-7-1)10-18-12-17(13-18)15(6-9-21-17)5-8-19-11-14-3-4-14/h1-2,7,14-15H,3-6,8-13H2/t15-/m0/s1. The number of ether oxygens (including phenoxy) is 2. The molecule has 0 radical (unpaired) electrons. The van der Waals surface area contributed by atoms with Gasteiger partial charge >= 0.3 is 0 Å². The van der Waals surface area contributed by atoms with Gasteiger partial charge in [0.25, 0.3) is 0 Å². The van der Waals surface area contributed by atoms with E-state index in [1.165, 1.54) is 19.3 Å². The number of hydrogen-bond donors (Lipinski definition) is 0. The highest BCUT2D eigenvalue weighted by molar-refractivity contribution is 5.07. The lowest BCUT2D eigenvalue weighted by atomic mass is 9.79. The largest absolute Gasteiger partial charge is 0.468 e. The Balaban J connectivity index is 1.22. The fraction of sp³-hybridized carbons (Fsp3) is 0.765. The van der Waals surface area contributed by atoms with Crippen molar-refractivity contribution in [2.24, 2.45) is 11.8 Å². The van der Waals surface area contributed by atoms with Gasteiger partial charge in [-0.2, -0.15) is 0 Å². The van der Waals surface area contributed by atoms with E-state index in [1.54, 1.807) is 6.26 Å². The number of nitrogens with zero attached hydrogens (tertiary/aromatic N) is 1. The molecule has 1 saturated carbocycles. The van der Waals surface area contributed by atoms with Crippen molar-refractivity contribution in [3.8, 4) is 0 Å². The smallest absolute Gasteiger partial charge is 0.117 e. The Hall–Kier alpha value is -0.840. The predicted octanol–water partition coefficient (Wildman–Crippen LogP) is 2.69. The monoisotopic (exact) mass is 291 g/mol. The van der Waals surface area contributed by atoms with Crippen molar-refractivity contribution in [3.63, 3.8) is 0 Å². The van der Waals surface area contributed by atoms with Crippen molar-refractivity contribution < 1.29 is 13.9 Å². The van der Waals surface area contributed by atoms with Crippen LogP contribution in [0.1, 0.15) is 31.4 Å². The third-order valence-corrected chi connectivity index (χ3v) is 5.20. The lowest BCUT2D eigenvalue weighted by Crippen LogP contribution is -2.64. The molecule has 4 rings (SSSR count). The van der Waals surface area contributed by atoms with Crippen molar-refractivity contribution in [1.82, 2.24) is 4.90 Å². The van der Waals surface area contributed by atoms with E-state index in [1.807, 2.05) is 12.1 Å². The normalized spacial score (nSPS) is 28.1. The van der Waals surface area contributed by atoms with Crippen molar-refractivity contribution in [2.45, 2.75) is 37.8 Å². The van der Waals surface area contributed by atoms with Crippen LogP contribution in [-0.4, -0.2) is 43.4 Å². The number of hydrogen-bond acceptors (Lipinski definition) is 4. The van der Waals surface area contributed by atoms with E-state index < -0.39 is 0 Å². The highest BCUT2D eigenvalue weighted by atomic mass is 16.5. The quantitative estimate of drug-likeness (QED) is 0.724. The van der Waals surface area contributed by atoms with Crippen LogP contribution in [0.3, 0.4) is 0 Å². The maximum Gasteiger partial charge on any atom is 0.117 e. The molecule has 0 N–H and O–H groups in total. The summed E-state index contributed by atoms with van der Waals surface area (Å²) >= 11 is 0. The Morgan fingerprint density at radius 1 is 1.29 bits per heavy atom. The average molecular weight is 291 g/mol. The third-order valence-electron chi connectivity index (χ3n) is 5.20. The van der Waals surface area contributed by atoms with Gasteiger partial charge < -0.3 is 13.9 Å². The molecule has 0 bridgehead atoms. The molecule has 0 unspecified atom stereocenters. The van der Waals surface area contributed by atoms with Gasteiger partial charge in [0.2, 0.25) is 0 Å². The molecule has 4 heteroatoms. The second-order valence-electron chi connectivity index (χ2n) is 6.93. The minimum Gasteiger partial charge on any atom is -0.468 e. The van der Waals surface area contributed by atoms with Gasteiger partial charge in [0.15, 0.2) is 0 Å². The van der Waals surface area contributed by atoms with Gasteiger partial charge in [0, 0.05) is 32.9 Å². The van der Waals surface area contributed by atoms with Crippen LogP contribution in [0.15, 0.2) is 22.8 Å². The Morgan fingerprint density at radius 3 is 2.95 bits per heavy atom. The minimum atomic E-state index is 0.107. The predicted molar refractivity (Wildman–Crippen MR) is 78.9 cm³/mol. The summed E-state index contributed by atoms with van der Waals surface area (Å²) in [4.78, 5) is 2.42. The summed E-state index contributed by atoms with van der Waals surface area (Å²) in [5.74, 6) is 2.59. The summed E-state index contributed by atoms with van der Waals surface area (Å²) in [5, 5.41) is 0. The first-order valence-corrected chi connectivity index (χ1v) is 8.30. The average Bonchev–Trinajstić information content (AvgIpc) is 2.96. The molecule has 0 aromatic carbocycles. The van der Waals surface area contributed by atoms with E-state index in [0.29, 0.717) is 5.92 Å². The first-order chi connectivity index (χ1) is 10.3. The number of likely N-dealkylation sites (tertiary alicyclic amines) is 1. The molecule has 2 saturated heterocycles. The number of rotatable bonds is 7. The first-order valence-electron chi connectivity index (χ1n) is 8.30. The summed E-state index contributed by atoms with van der Waals surface area (Å²) in [5.41, 5.74) is 0.107. The minimum absolute atomic E-state index is 0.107. The SMILES string of the molecule is c1coc(CN2CC3(C2)OCC[C@@H]3CCOCC2CC2)c1. The molecule has 3 heterocycles. The Bertz CT molecular complexity index is 449. The van der Waals surface area contributed by atoms with Crippen molar-refractivity contribution in [3.05, 3.63) is 24.2 Å². The van der Waals surface area contributed by atoms with Crippen LogP contribution in [0.25, 0.3) is 0 Å². The third kappa shape index (κ3) is 3.03. The van der Waals surface area contributed by atoms with E-state index in [4.69, 9.17) is 13.9 Å². The van der Waals surface area contributed by atoms with Crippen molar-refractivity contribution in [1.29, 1.82) is 0 Å². The molecule has 116 valence electrons. The van der Waals surface area contributed by atoms with Crippen LogP contribution in [0.2, 0.25) is 0 Å². The van der Waals surface area contributed by atoms with Gasteiger partial charge in [0.1, 0.15) is 5.76 Å². The maximum absolute atomic E-state index is 6.10. The van der Waals surface area contributed by atoms with Crippen molar-refractivity contribution >= 4 is 0 Å². The molecule has 21 heavy (non-hydrogen) atoms. The Labute approximate surface area is 126 Å². The van der Waals surface area contributed by atoms with E-state index in [2.05, 4.69) is 4.90 Å². The number of furan rings is 1. The first kappa shape index (κ1) is 13.8. The van der Waals surface area contributed by atoms with Crippen molar-refractivity contribution in [2.75, 3.05) is 32.9 Å². The van der Waals surface area contributed by atoms with Crippen LogP contribution in [0.4, 0.5) is 0 Å². The molecule has 3 fully saturated rings. The molecule has 1 aliphatic carbocycles. The molecular formula is C17H25NO3. The molecule has 0 amide bonds. The van der Waals surface area contributed by atoms with E-state index in [0.717, 1.165) is 57.6 Å².